The number of piperidine rings is 1. The zero-order valence-corrected chi connectivity index (χ0v) is 10.1. The Morgan fingerprint density at radius 1 is 1.50 bits per heavy atom. The van der Waals surface area contributed by atoms with Crippen molar-refractivity contribution in [2.24, 2.45) is 0 Å². The predicted molar refractivity (Wildman–Crippen MR) is 64.3 cm³/mol. The van der Waals surface area contributed by atoms with Crippen molar-refractivity contribution in [1.29, 1.82) is 0 Å². The highest BCUT2D eigenvalue weighted by atomic mass is 35.5. The van der Waals surface area contributed by atoms with E-state index in [1.54, 1.807) is 6.07 Å². The molecule has 4 heteroatoms. The van der Waals surface area contributed by atoms with Gasteiger partial charge in [-0.3, -0.25) is 0 Å². The predicted octanol–water partition coefficient (Wildman–Crippen LogP) is 2.28. The maximum atomic E-state index is 13.0. The summed E-state index contributed by atoms with van der Waals surface area (Å²) in [6, 6.07) is 4.63. The fraction of sp³-hybridized carbons (Fsp3) is 0.500. The van der Waals surface area contributed by atoms with Crippen molar-refractivity contribution >= 4 is 11.6 Å². The van der Waals surface area contributed by atoms with Crippen molar-refractivity contribution in [3.63, 3.8) is 0 Å². The van der Waals surface area contributed by atoms with Crippen LogP contribution in [0.4, 0.5) is 4.39 Å². The largest absolute Gasteiger partial charge is 0.315 e. The van der Waals surface area contributed by atoms with Crippen molar-refractivity contribution in [3.8, 4) is 0 Å². The van der Waals surface area contributed by atoms with Crippen molar-refractivity contribution in [2.75, 3.05) is 20.1 Å². The Balaban J connectivity index is 2.39. The molecule has 1 unspecified atom stereocenters. The van der Waals surface area contributed by atoms with E-state index >= 15 is 0 Å². The van der Waals surface area contributed by atoms with Crippen molar-refractivity contribution in [1.82, 2.24) is 10.6 Å². The Bertz CT molecular complexity index is 375. The van der Waals surface area contributed by atoms with E-state index in [4.69, 9.17) is 11.6 Å². The van der Waals surface area contributed by atoms with Crippen LogP contribution in [0.2, 0.25) is 5.02 Å². The van der Waals surface area contributed by atoms with Gasteiger partial charge in [-0.25, -0.2) is 4.39 Å². The molecule has 0 aromatic heterocycles. The quantitative estimate of drug-likeness (QED) is 0.832. The first-order chi connectivity index (χ1) is 7.68. The van der Waals surface area contributed by atoms with Gasteiger partial charge in [0.25, 0.3) is 0 Å². The smallest absolute Gasteiger partial charge is 0.124 e. The average molecular weight is 243 g/mol. The number of likely N-dealkylation sites (N-methyl/N-ethyl adjacent to an activating group) is 1. The Morgan fingerprint density at radius 3 is 2.88 bits per heavy atom. The van der Waals surface area contributed by atoms with Crippen molar-refractivity contribution in [2.45, 2.75) is 18.4 Å². The standard InChI is InChI=1S/C12H16ClFN2/c1-15-12(5-2-6-16-8-12)10-4-3-9(14)7-11(10)13/h3-4,7,15-16H,2,5-6,8H2,1H3. The topological polar surface area (TPSA) is 24.1 Å². The minimum Gasteiger partial charge on any atom is -0.315 e. The third-order valence-electron chi connectivity index (χ3n) is 3.31. The van der Waals surface area contributed by atoms with Crippen LogP contribution < -0.4 is 10.6 Å². The number of halogens is 2. The van der Waals surface area contributed by atoms with Gasteiger partial charge in [-0.15, -0.1) is 0 Å². The van der Waals surface area contributed by atoms with Gasteiger partial charge in [0.15, 0.2) is 0 Å². The molecule has 16 heavy (non-hydrogen) atoms. The molecule has 1 aliphatic rings. The van der Waals surface area contributed by atoms with E-state index < -0.39 is 0 Å². The molecule has 1 aromatic carbocycles. The molecule has 1 fully saturated rings. The van der Waals surface area contributed by atoms with Crippen LogP contribution in [0.25, 0.3) is 0 Å². The number of rotatable bonds is 2. The summed E-state index contributed by atoms with van der Waals surface area (Å²) < 4.78 is 13.0. The van der Waals surface area contributed by atoms with Crippen LogP contribution in [-0.4, -0.2) is 20.1 Å². The zero-order valence-electron chi connectivity index (χ0n) is 9.32. The number of hydrogen-bond acceptors (Lipinski definition) is 2. The van der Waals surface area contributed by atoms with Crippen LogP contribution in [0.1, 0.15) is 18.4 Å². The second kappa shape index (κ2) is 4.70. The monoisotopic (exact) mass is 242 g/mol. The molecule has 88 valence electrons. The van der Waals surface area contributed by atoms with Gasteiger partial charge in [0.2, 0.25) is 0 Å². The first-order valence-electron chi connectivity index (χ1n) is 5.53. The number of hydrogen-bond donors (Lipinski definition) is 2. The first-order valence-corrected chi connectivity index (χ1v) is 5.91. The van der Waals surface area contributed by atoms with E-state index in [1.165, 1.54) is 12.1 Å². The minimum atomic E-state index is -0.288. The molecule has 2 rings (SSSR count). The summed E-state index contributed by atoms with van der Waals surface area (Å²) in [6.45, 7) is 1.86. The second-order valence-corrected chi connectivity index (χ2v) is 4.64. The number of benzene rings is 1. The van der Waals surface area contributed by atoms with Crippen LogP contribution >= 0.6 is 11.6 Å². The molecular weight excluding hydrogens is 227 g/mol. The fourth-order valence-corrected chi connectivity index (χ4v) is 2.71. The summed E-state index contributed by atoms with van der Waals surface area (Å²) in [5.41, 5.74) is 0.813. The Kier molecular flexibility index (Phi) is 3.47. The molecule has 0 radical (unpaired) electrons. The summed E-state index contributed by atoms with van der Waals surface area (Å²) in [5, 5.41) is 7.17. The molecule has 2 nitrogen and oxygen atoms in total. The van der Waals surface area contributed by atoms with Gasteiger partial charge < -0.3 is 10.6 Å². The Morgan fingerprint density at radius 2 is 2.31 bits per heavy atom. The van der Waals surface area contributed by atoms with Crippen LogP contribution in [0, 0.1) is 5.82 Å². The molecule has 0 bridgehead atoms. The molecule has 0 amide bonds. The highest BCUT2D eigenvalue weighted by molar-refractivity contribution is 6.31. The highest BCUT2D eigenvalue weighted by Gasteiger charge is 2.33. The van der Waals surface area contributed by atoms with Crippen LogP contribution in [0.3, 0.4) is 0 Å². The maximum absolute atomic E-state index is 13.0. The minimum absolute atomic E-state index is 0.164. The molecule has 0 aliphatic carbocycles. The molecule has 0 spiro atoms. The lowest BCUT2D eigenvalue weighted by Crippen LogP contribution is -2.52. The SMILES string of the molecule is CNC1(c2ccc(F)cc2Cl)CCCNC1. The summed E-state index contributed by atoms with van der Waals surface area (Å²) in [6.07, 6.45) is 2.11. The van der Waals surface area contributed by atoms with Crippen molar-refractivity contribution in [3.05, 3.63) is 34.6 Å². The van der Waals surface area contributed by atoms with Gasteiger partial charge in [0.05, 0.1) is 5.54 Å². The summed E-state index contributed by atoms with van der Waals surface area (Å²) in [7, 11) is 1.92. The Labute approximate surface area is 100 Å². The highest BCUT2D eigenvalue weighted by Crippen LogP contribution is 2.33. The molecule has 1 heterocycles. The summed E-state index contributed by atoms with van der Waals surface area (Å²) in [4.78, 5) is 0. The molecule has 1 atom stereocenters. The van der Waals surface area contributed by atoms with E-state index in [1.807, 2.05) is 7.05 Å². The van der Waals surface area contributed by atoms with E-state index in [-0.39, 0.29) is 11.4 Å². The van der Waals surface area contributed by atoms with Gasteiger partial charge in [-0.05, 0) is 44.1 Å². The van der Waals surface area contributed by atoms with E-state index in [2.05, 4.69) is 10.6 Å². The number of nitrogens with one attached hydrogen (secondary N) is 2. The lowest BCUT2D eigenvalue weighted by molar-refractivity contribution is 0.269. The zero-order chi connectivity index (χ0) is 11.6. The fourth-order valence-electron chi connectivity index (χ4n) is 2.36. The summed E-state index contributed by atoms with van der Waals surface area (Å²) in [5.74, 6) is -0.288. The maximum Gasteiger partial charge on any atom is 0.124 e. The van der Waals surface area contributed by atoms with E-state index in [9.17, 15) is 4.39 Å². The lowest BCUT2D eigenvalue weighted by atomic mass is 9.83. The third-order valence-corrected chi connectivity index (χ3v) is 3.62. The van der Waals surface area contributed by atoms with Gasteiger partial charge >= 0.3 is 0 Å². The normalized spacial score (nSPS) is 25.7. The van der Waals surface area contributed by atoms with E-state index in [0.717, 1.165) is 31.5 Å². The molecule has 2 N–H and O–H groups in total. The third kappa shape index (κ3) is 2.08. The molecule has 1 saturated heterocycles. The Hall–Kier alpha value is -0.640. The molecular formula is C12H16ClFN2. The van der Waals surface area contributed by atoms with Gasteiger partial charge in [0.1, 0.15) is 5.82 Å². The molecule has 1 aromatic rings. The van der Waals surface area contributed by atoms with Gasteiger partial charge in [0, 0.05) is 11.6 Å². The van der Waals surface area contributed by atoms with E-state index in [0.29, 0.717) is 5.02 Å². The lowest BCUT2D eigenvalue weighted by Gasteiger charge is -2.38. The second-order valence-electron chi connectivity index (χ2n) is 4.24. The van der Waals surface area contributed by atoms with Crippen LogP contribution in [-0.2, 0) is 5.54 Å². The molecule has 1 aliphatic heterocycles. The summed E-state index contributed by atoms with van der Waals surface area (Å²) >= 11 is 6.12. The van der Waals surface area contributed by atoms with Gasteiger partial charge in [-0.2, -0.15) is 0 Å². The average Bonchev–Trinajstić information content (AvgIpc) is 2.30. The first kappa shape index (κ1) is 11.8. The van der Waals surface area contributed by atoms with Crippen LogP contribution in [0.5, 0.6) is 0 Å². The van der Waals surface area contributed by atoms with Gasteiger partial charge in [-0.1, -0.05) is 17.7 Å². The molecule has 0 saturated carbocycles. The van der Waals surface area contributed by atoms with Crippen LogP contribution in [0.15, 0.2) is 18.2 Å². The van der Waals surface area contributed by atoms with Crippen molar-refractivity contribution < 1.29 is 4.39 Å².